The molecule has 5 atom stereocenters. The lowest BCUT2D eigenvalue weighted by Gasteiger charge is -2.35. The summed E-state index contributed by atoms with van der Waals surface area (Å²) in [5.41, 5.74) is 1.78. The Labute approximate surface area is 299 Å². The maximum absolute atomic E-state index is 14.2. The number of benzene rings is 1. The summed E-state index contributed by atoms with van der Waals surface area (Å²) in [6, 6.07) is 7.73. The fourth-order valence-electron chi connectivity index (χ4n) is 7.03. The Bertz CT molecular complexity index is 1360. The number of nitrogens with one attached hydrogen (secondary N) is 3. The summed E-state index contributed by atoms with van der Waals surface area (Å²) < 4.78 is 5.41. The van der Waals surface area contributed by atoms with Gasteiger partial charge in [-0.05, 0) is 44.6 Å². The predicted octanol–water partition coefficient (Wildman–Crippen LogP) is 2.62. The topological polar surface area (TPSA) is 170 Å². The number of morpholine rings is 1. The van der Waals surface area contributed by atoms with Crippen LogP contribution >= 0.6 is 11.3 Å². The second-order valence-corrected chi connectivity index (χ2v) is 15.0. The second kappa shape index (κ2) is 19.3. The van der Waals surface area contributed by atoms with Crippen molar-refractivity contribution in [3.8, 4) is 0 Å². The molecule has 0 radical (unpaired) electrons. The van der Waals surface area contributed by atoms with Gasteiger partial charge in [-0.2, -0.15) is 0 Å². The molecule has 12 nitrogen and oxygen atoms in total. The van der Waals surface area contributed by atoms with Gasteiger partial charge in [0.15, 0.2) is 0 Å². The van der Waals surface area contributed by atoms with Crippen LogP contribution in [-0.2, 0) is 36.8 Å². The highest BCUT2D eigenvalue weighted by Crippen LogP contribution is 2.30. The summed E-state index contributed by atoms with van der Waals surface area (Å²) in [4.78, 5) is 60.5. The third kappa shape index (κ3) is 12.1. The summed E-state index contributed by atoms with van der Waals surface area (Å²) in [7, 11) is 1.49. The first-order valence-corrected chi connectivity index (χ1v) is 18.9. The molecule has 0 bridgehead atoms. The van der Waals surface area contributed by atoms with Gasteiger partial charge in [-0.25, -0.2) is 4.98 Å². The Hall–Kier alpha value is -3.39. The van der Waals surface area contributed by atoms with E-state index in [1.54, 1.807) is 10.4 Å². The number of carbonyl (C=O) groups is 4. The van der Waals surface area contributed by atoms with Crippen molar-refractivity contribution in [2.24, 2.45) is 17.8 Å². The van der Waals surface area contributed by atoms with E-state index in [2.05, 4.69) is 20.9 Å². The lowest BCUT2D eigenvalue weighted by Crippen LogP contribution is -2.56. The maximum atomic E-state index is 14.2. The zero-order valence-corrected chi connectivity index (χ0v) is 30.5. The van der Waals surface area contributed by atoms with Gasteiger partial charge in [0.05, 0.1) is 54.0 Å². The van der Waals surface area contributed by atoms with Crippen molar-refractivity contribution in [3.05, 3.63) is 52.5 Å². The number of aliphatic hydroxyl groups is 2. The molecule has 5 N–H and O–H groups in total. The molecule has 276 valence electrons. The van der Waals surface area contributed by atoms with E-state index in [-0.39, 0.29) is 31.1 Å². The number of rotatable bonds is 17. The van der Waals surface area contributed by atoms with Crippen molar-refractivity contribution in [3.63, 3.8) is 0 Å². The molecule has 4 amide bonds. The second-order valence-electron chi connectivity index (χ2n) is 14.3. The van der Waals surface area contributed by atoms with Gasteiger partial charge in [0.25, 0.3) is 0 Å². The molecule has 1 aliphatic heterocycles. The zero-order valence-electron chi connectivity index (χ0n) is 29.6. The van der Waals surface area contributed by atoms with E-state index in [0.717, 1.165) is 37.7 Å². The molecule has 1 aromatic heterocycles. The van der Waals surface area contributed by atoms with Crippen molar-refractivity contribution in [1.29, 1.82) is 0 Å². The van der Waals surface area contributed by atoms with Gasteiger partial charge in [0.2, 0.25) is 23.6 Å². The van der Waals surface area contributed by atoms with E-state index >= 15 is 0 Å². The molecule has 13 heteroatoms. The van der Waals surface area contributed by atoms with Crippen LogP contribution < -0.4 is 16.0 Å². The molecule has 2 aromatic rings. The van der Waals surface area contributed by atoms with Gasteiger partial charge in [0, 0.05) is 38.4 Å². The Balaban J connectivity index is 1.56. The smallest absolute Gasteiger partial charge is 0.243 e. The Kier molecular flexibility index (Phi) is 15.2. The molecule has 0 spiro atoms. The third-order valence-electron chi connectivity index (χ3n) is 10.0. The minimum absolute atomic E-state index is 0.0212. The van der Waals surface area contributed by atoms with Gasteiger partial charge in [0.1, 0.15) is 6.04 Å². The van der Waals surface area contributed by atoms with Gasteiger partial charge in [-0.15, -0.1) is 11.3 Å². The fraction of sp³-hybridized carbons (Fsp3) is 0.649. The summed E-state index contributed by atoms with van der Waals surface area (Å²) in [5.74, 6) is -2.82. The number of nitrogens with zero attached hydrogens (tertiary/aromatic N) is 2. The SMILES string of the molecule is CNC(=O)[C@@H](C[C@H](O)[C@H](CC1CCCCC1)NC(=O)[C@H](Cc1cscn1)NC(=O)[C@@H](CC(=O)N1CCOCC1)Cc1ccccc1)C(C)(C)O. The number of thiazole rings is 1. The molecule has 4 rings (SSSR count). The predicted molar refractivity (Wildman–Crippen MR) is 191 cm³/mol. The zero-order chi connectivity index (χ0) is 36.1. The number of hydrogen-bond donors (Lipinski definition) is 5. The molecule has 1 aromatic carbocycles. The van der Waals surface area contributed by atoms with Crippen LogP contribution in [-0.4, -0.2) is 101 Å². The third-order valence-corrected chi connectivity index (χ3v) is 10.6. The van der Waals surface area contributed by atoms with Gasteiger partial charge < -0.3 is 35.8 Å². The summed E-state index contributed by atoms with van der Waals surface area (Å²) in [6.07, 6.45) is 4.95. The van der Waals surface area contributed by atoms with Crippen molar-refractivity contribution < 1.29 is 34.1 Å². The number of aromatic nitrogens is 1. The van der Waals surface area contributed by atoms with E-state index in [9.17, 15) is 29.4 Å². The molecule has 1 saturated heterocycles. The fourth-order valence-corrected chi connectivity index (χ4v) is 7.60. The molecule has 1 saturated carbocycles. The molecule has 2 heterocycles. The van der Waals surface area contributed by atoms with Crippen LogP contribution in [0.1, 0.15) is 76.5 Å². The van der Waals surface area contributed by atoms with Crippen molar-refractivity contribution in [2.75, 3.05) is 33.4 Å². The van der Waals surface area contributed by atoms with Gasteiger partial charge in [-0.1, -0.05) is 62.4 Å². The molecular formula is C37H55N5O7S. The van der Waals surface area contributed by atoms with E-state index < -0.39 is 53.3 Å². The van der Waals surface area contributed by atoms with Crippen molar-refractivity contribution in [1.82, 2.24) is 25.8 Å². The number of carbonyl (C=O) groups excluding carboxylic acids is 4. The number of ether oxygens (including phenoxy) is 1. The van der Waals surface area contributed by atoms with Crippen LogP contribution in [0.4, 0.5) is 0 Å². The Morgan fingerprint density at radius 1 is 1.00 bits per heavy atom. The number of hydrogen-bond acceptors (Lipinski definition) is 9. The number of amides is 4. The highest BCUT2D eigenvalue weighted by molar-refractivity contribution is 7.07. The largest absolute Gasteiger partial charge is 0.391 e. The average molecular weight is 714 g/mol. The lowest BCUT2D eigenvalue weighted by atomic mass is 9.80. The van der Waals surface area contributed by atoms with Gasteiger partial charge in [-0.3, -0.25) is 19.2 Å². The van der Waals surface area contributed by atoms with E-state index in [1.165, 1.54) is 32.2 Å². The lowest BCUT2D eigenvalue weighted by molar-refractivity contribution is -0.140. The van der Waals surface area contributed by atoms with Crippen LogP contribution in [0.25, 0.3) is 0 Å². The van der Waals surface area contributed by atoms with E-state index in [1.807, 2.05) is 35.7 Å². The minimum atomic E-state index is -1.41. The minimum Gasteiger partial charge on any atom is -0.391 e. The van der Waals surface area contributed by atoms with Gasteiger partial charge >= 0.3 is 0 Å². The molecule has 50 heavy (non-hydrogen) atoms. The highest BCUT2D eigenvalue weighted by Gasteiger charge is 2.38. The molecule has 2 fully saturated rings. The molecule has 2 aliphatic rings. The number of aliphatic hydroxyl groups excluding tert-OH is 1. The quantitative estimate of drug-likeness (QED) is 0.167. The summed E-state index contributed by atoms with van der Waals surface area (Å²) >= 11 is 1.38. The molecule has 1 aliphatic carbocycles. The van der Waals surface area contributed by atoms with Crippen LogP contribution in [0.3, 0.4) is 0 Å². The standard InChI is InChI=1S/C37H55N5O7S/c1-37(2,48)29(35(46)38-3)22-32(43)30(19-26-12-8-5-9-13-26)40-36(47)31(21-28-23-50-24-39-28)41-34(45)27(18-25-10-6-4-7-11-25)20-33(44)42-14-16-49-17-15-42/h4,6-7,10-11,23-24,26-27,29-32,43,48H,5,8-9,12-22H2,1-3H3,(H,38,46)(H,40,47)(H,41,45)/t27-,29-,30+,31+,32+/m1/s1. The first kappa shape index (κ1) is 39.4. The van der Waals surface area contributed by atoms with Crippen LogP contribution in [0, 0.1) is 17.8 Å². The van der Waals surface area contributed by atoms with Crippen molar-refractivity contribution in [2.45, 2.75) is 102 Å². The molecular weight excluding hydrogens is 659 g/mol. The van der Waals surface area contributed by atoms with Crippen LogP contribution in [0.5, 0.6) is 0 Å². The first-order valence-electron chi connectivity index (χ1n) is 17.9. The molecule has 0 unspecified atom stereocenters. The van der Waals surface area contributed by atoms with Crippen LogP contribution in [0.2, 0.25) is 0 Å². The van der Waals surface area contributed by atoms with Crippen molar-refractivity contribution >= 4 is 35.0 Å². The first-order chi connectivity index (χ1) is 23.9. The maximum Gasteiger partial charge on any atom is 0.243 e. The highest BCUT2D eigenvalue weighted by atomic mass is 32.1. The summed E-state index contributed by atoms with van der Waals surface area (Å²) in [6.45, 7) is 4.89. The van der Waals surface area contributed by atoms with E-state index in [0.29, 0.717) is 44.8 Å². The summed E-state index contributed by atoms with van der Waals surface area (Å²) in [5, 5.41) is 32.8. The van der Waals surface area contributed by atoms with E-state index in [4.69, 9.17) is 4.74 Å². The average Bonchev–Trinajstić information content (AvgIpc) is 3.63. The Morgan fingerprint density at radius 2 is 1.70 bits per heavy atom. The Morgan fingerprint density at radius 3 is 2.32 bits per heavy atom. The normalized spacial score (nSPS) is 18.7. The monoisotopic (exact) mass is 713 g/mol. The van der Waals surface area contributed by atoms with Crippen LogP contribution in [0.15, 0.2) is 41.2 Å².